The van der Waals surface area contributed by atoms with Crippen molar-refractivity contribution in [1.29, 1.82) is 0 Å². The molecule has 0 atom stereocenters. The van der Waals surface area contributed by atoms with Crippen molar-refractivity contribution in [3.63, 3.8) is 0 Å². The fraction of sp³-hybridized carbons (Fsp3) is 0.0930. The number of hydrogen-bond donors (Lipinski definition) is 2. The Labute approximate surface area is 280 Å². The van der Waals surface area contributed by atoms with Gasteiger partial charge in [-0.3, -0.25) is 15.0 Å². The smallest absolute Gasteiger partial charge is 0.0669 e. The molecule has 0 saturated carbocycles. The lowest BCUT2D eigenvalue weighted by atomic mass is 9.95. The highest BCUT2D eigenvalue weighted by Crippen LogP contribution is 2.38. The van der Waals surface area contributed by atoms with Crippen LogP contribution in [0.2, 0.25) is 0 Å². The molecule has 0 aliphatic carbocycles. The first-order valence-corrected chi connectivity index (χ1v) is 16.4. The molecule has 5 nitrogen and oxygen atoms in total. The van der Waals surface area contributed by atoms with Crippen molar-refractivity contribution in [2.45, 2.75) is 26.2 Å². The minimum atomic E-state index is 0.598. The van der Waals surface area contributed by atoms with E-state index in [0.29, 0.717) is 11.4 Å². The van der Waals surface area contributed by atoms with Gasteiger partial charge in [0.25, 0.3) is 0 Å². The van der Waals surface area contributed by atoms with Crippen molar-refractivity contribution in [2.75, 3.05) is 11.5 Å². The minimum Gasteiger partial charge on any atom is -0.397 e. The third kappa shape index (κ3) is 5.01. The molecule has 5 heteroatoms. The van der Waals surface area contributed by atoms with Crippen LogP contribution in [0.4, 0.5) is 28.4 Å². The molecule has 0 saturated heterocycles. The predicted octanol–water partition coefficient (Wildman–Crippen LogP) is 9.52. The number of aliphatic imine (C=N–C) groups is 3. The van der Waals surface area contributed by atoms with Gasteiger partial charge in [-0.2, -0.15) is 0 Å². The summed E-state index contributed by atoms with van der Waals surface area (Å²) in [7, 11) is 0. The van der Waals surface area contributed by atoms with E-state index >= 15 is 0 Å². The number of rotatable bonds is 5. The van der Waals surface area contributed by atoms with Gasteiger partial charge in [0, 0.05) is 19.3 Å². The fourth-order valence-electron chi connectivity index (χ4n) is 7.10. The van der Waals surface area contributed by atoms with E-state index in [-0.39, 0.29) is 0 Å². The lowest BCUT2D eigenvalue weighted by molar-refractivity contribution is 1.36. The molecule has 0 aromatic heterocycles. The number of nitrogen functional groups attached to an aromatic ring is 2. The highest BCUT2D eigenvalue weighted by atomic mass is 14.8. The molecular formula is C43H33N5. The van der Waals surface area contributed by atoms with Crippen LogP contribution in [0.1, 0.15) is 38.9 Å². The third-order valence-electron chi connectivity index (χ3n) is 9.71. The van der Waals surface area contributed by atoms with E-state index in [2.05, 4.69) is 110 Å². The lowest BCUT2D eigenvalue weighted by Gasteiger charge is -2.07. The van der Waals surface area contributed by atoms with Crippen molar-refractivity contribution in [1.82, 2.24) is 0 Å². The molecule has 3 aliphatic heterocycles. The summed E-state index contributed by atoms with van der Waals surface area (Å²) >= 11 is 0. The van der Waals surface area contributed by atoms with Gasteiger partial charge in [-0.15, -0.1) is 0 Å². The Morgan fingerprint density at radius 1 is 0.396 bits per heavy atom. The van der Waals surface area contributed by atoms with Gasteiger partial charge in [0.2, 0.25) is 0 Å². The molecule has 0 fully saturated rings. The summed E-state index contributed by atoms with van der Waals surface area (Å²) in [5, 5.41) is 0. The Balaban J connectivity index is 0.916. The van der Waals surface area contributed by atoms with E-state index < -0.39 is 0 Å². The molecule has 3 heterocycles. The lowest BCUT2D eigenvalue weighted by Crippen LogP contribution is -2.05. The summed E-state index contributed by atoms with van der Waals surface area (Å²) in [5.74, 6) is 0. The second-order valence-electron chi connectivity index (χ2n) is 13.0. The number of anilines is 2. The van der Waals surface area contributed by atoms with E-state index in [1.165, 1.54) is 38.9 Å². The highest BCUT2D eigenvalue weighted by molar-refractivity contribution is 6.11. The van der Waals surface area contributed by atoms with Crippen molar-refractivity contribution >= 4 is 45.6 Å². The Morgan fingerprint density at radius 2 is 0.812 bits per heavy atom. The van der Waals surface area contributed by atoms with Crippen LogP contribution in [0, 0.1) is 6.92 Å². The van der Waals surface area contributed by atoms with Gasteiger partial charge in [-0.25, -0.2) is 0 Å². The molecule has 48 heavy (non-hydrogen) atoms. The number of fused-ring (bicyclic) bond motifs is 3. The quantitative estimate of drug-likeness (QED) is 0.188. The number of nitrogens with two attached hydrogens (primary N) is 2. The monoisotopic (exact) mass is 619 g/mol. The number of hydrogen-bond acceptors (Lipinski definition) is 5. The molecule has 0 unspecified atom stereocenters. The average molecular weight is 620 g/mol. The highest BCUT2D eigenvalue weighted by Gasteiger charge is 2.22. The van der Waals surface area contributed by atoms with E-state index in [1.54, 1.807) is 0 Å². The Hall–Kier alpha value is -6.07. The van der Waals surface area contributed by atoms with Crippen LogP contribution in [-0.4, -0.2) is 17.1 Å². The van der Waals surface area contributed by atoms with Crippen molar-refractivity contribution < 1.29 is 0 Å². The topological polar surface area (TPSA) is 89.1 Å². The molecule has 0 spiro atoms. The minimum absolute atomic E-state index is 0.598. The molecule has 0 bridgehead atoms. The maximum Gasteiger partial charge on any atom is 0.0669 e. The largest absolute Gasteiger partial charge is 0.397 e. The molecule has 4 N–H and O–H groups in total. The van der Waals surface area contributed by atoms with Crippen molar-refractivity contribution in [3.8, 4) is 22.3 Å². The van der Waals surface area contributed by atoms with Gasteiger partial charge < -0.3 is 11.5 Å². The van der Waals surface area contributed by atoms with Crippen LogP contribution in [0.3, 0.4) is 0 Å². The Bertz CT molecular complexity index is 2410. The first-order chi connectivity index (χ1) is 23.4. The van der Waals surface area contributed by atoms with Gasteiger partial charge in [0.15, 0.2) is 0 Å². The van der Waals surface area contributed by atoms with Gasteiger partial charge >= 0.3 is 0 Å². The molecule has 0 radical (unpaired) electrons. The van der Waals surface area contributed by atoms with Crippen LogP contribution < -0.4 is 11.5 Å². The van der Waals surface area contributed by atoms with Crippen LogP contribution in [0.5, 0.6) is 0 Å². The summed E-state index contributed by atoms with van der Waals surface area (Å²) in [4.78, 5) is 15.0. The van der Waals surface area contributed by atoms with E-state index in [9.17, 15) is 0 Å². The molecule has 9 rings (SSSR count). The molecule has 230 valence electrons. The molecule has 0 amide bonds. The van der Waals surface area contributed by atoms with E-state index in [4.69, 9.17) is 26.4 Å². The average Bonchev–Trinajstić information content (AvgIpc) is 3.85. The van der Waals surface area contributed by atoms with Crippen molar-refractivity contribution in [3.05, 3.63) is 160 Å². The predicted molar refractivity (Wildman–Crippen MR) is 200 cm³/mol. The van der Waals surface area contributed by atoms with Crippen molar-refractivity contribution in [2.24, 2.45) is 15.0 Å². The first-order valence-electron chi connectivity index (χ1n) is 16.4. The van der Waals surface area contributed by atoms with Crippen LogP contribution in [0.15, 0.2) is 136 Å². The third-order valence-corrected chi connectivity index (χ3v) is 9.71. The Morgan fingerprint density at radius 3 is 1.27 bits per heavy atom. The normalized spacial score (nSPS) is 14.2. The standard InChI is InChI=1S/C43H33N5/c1-25-4-2-5-30(16-25)41-22-33-17-26(9-13-38(33)46-41)27-10-14-39-34(18-27)23-42(47-39)31-6-3-7-32(20-31)43-24-35-19-28(11-15-40(35)48-43)29-8-12-36(44)37(45)21-29/h2-21H,22-24,44-45H2,1H3. The summed E-state index contributed by atoms with van der Waals surface area (Å²) in [6, 6.07) is 42.8. The number of nitrogens with zero attached hydrogens (tertiary/aromatic N) is 3. The zero-order valence-electron chi connectivity index (χ0n) is 26.7. The molecule has 3 aliphatic rings. The second-order valence-corrected chi connectivity index (χ2v) is 13.0. The number of benzene rings is 6. The Kier molecular flexibility index (Phi) is 6.47. The van der Waals surface area contributed by atoms with Crippen LogP contribution >= 0.6 is 0 Å². The van der Waals surface area contributed by atoms with Crippen LogP contribution in [0.25, 0.3) is 22.3 Å². The summed E-state index contributed by atoms with van der Waals surface area (Å²) in [6.45, 7) is 2.13. The van der Waals surface area contributed by atoms with Gasteiger partial charge in [0.05, 0.1) is 45.6 Å². The van der Waals surface area contributed by atoms with Gasteiger partial charge in [-0.05, 0) is 117 Å². The molecule has 6 aromatic rings. The maximum absolute atomic E-state index is 6.08. The fourth-order valence-corrected chi connectivity index (χ4v) is 7.10. The zero-order valence-corrected chi connectivity index (χ0v) is 26.7. The molecular weight excluding hydrogens is 587 g/mol. The van der Waals surface area contributed by atoms with Gasteiger partial charge in [-0.1, -0.05) is 72.3 Å². The van der Waals surface area contributed by atoms with Gasteiger partial charge in [0.1, 0.15) is 0 Å². The first kappa shape index (κ1) is 28.2. The van der Waals surface area contributed by atoms with E-state index in [1.807, 2.05) is 18.2 Å². The number of aryl methyl sites for hydroxylation is 1. The summed E-state index contributed by atoms with van der Waals surface area (Å²) in [6.07, 6.45) is 2.45. The second kappa shape index (κ2) is 11.0. The SMILES string of the molecule is Cc1cccc(C2=Nc3ccc(-c4ccc5c(c4)CC(c4cccc(C6=Nc7ccc(-c8ccc(N)c(N)c8)cc7C6)c4)=N5)cc3C2)c1. The summed E-state index contributed by atoms with van der Waals surface area (Å²) in [5.41, 5.74) is 32.7. The summed E-state index contributed by atoms with van der Waals surface area (Å²) < 4.78 is 0. The van der Waals surface area contributed by atoms with Crippen LogP contribution in [-0.2, 0) is 19.3 Å². The van der Waals surface area contributed by atoms with E-state index in [0.717, 1.165) is 75.7 Å². The zero-order chi connectivity index (χ0) is 32.4. The maximum atomic E-state index is 6.08. The molecule has 6 aromatic carbocycles.